The highest BCUT2D eigenvalue weighted by molar-refractivity contribution is 5.67. The van der Waals surface area contributed by atoms with Gasteiger partial charge >= 0.3 is 5.97 Å². The lowest BCUT2D eigenvalue weighted by molar-refractivity contribution is -0.136. The monoisotopic (exact) mass is 238 g/mol. The van der Waals surface area contributed by atoms with Crippen LogP contribution in [0.2, 0.25) is 0 Å². The van der Waals surface area contributed by atoms with Gasteiger partial charge in [0.15, 0.2) is 0 Å². The lowest BCUT2D eigenvalue weighted by atomic mass is 10.0. The molecular formula is C13H18O4. The van der Waals surface area contributed by atoms with Crippen molar-refractivity contribution >= 4 is 5.97 Å². The van der Waals surface area contributed by atoms with E-state index in [-0.39, 0.29) is 6.42 Å². The molecule has 17 heavy (non-hydrogen) atoms. The van der Waals surface area contributed by atoms with E-state index in [1.54, 1.807) is 14.2 Å². The SMILES string of the molecule is CCc1cc(CCC(=O)O)c(OC)cc1OC. The lowest BCUT2D eigenvalue weighted by Crippen LogP contribution is -2.01. The average Bonchev–Trinajstić information content (AvgIpc) is 2.34. The Balaban J connectivity index is 3.05. The van der Waals surface area contributed by atoms with Crippen LogP contribution in [0, 0.1) is 0 Å². The van der Waals surface area contributed by atoms with E-state index in [9.17, 15) is 4.79 Å². The van der Waals surface area contributed by atoms with Crippen LogP contribution in [0.1, 0.15) is 24.5 Å². The largest absolute Gasteiger partial charge is 0.496 e. The molecule has 4 nitrogen and oxygen atoms in total. The minimum absolute atomic E-state index is 0.103. The van der Waals surface area contributed by atoms with Crippen LogP contribution in [-0.2, 0) is 17.6 Å². The fourth-order valence-electron chi connectivity index (χ4n) is 1.75. The van der Waals surface area contributed by atoms with E-state index in [0.29, 0.717) is 12.2 Å². The summed E-state index contributed by atoms with van der Waals surface area (Å²) in [4.78, 5) is 10.6. The van der Waals surface area contributed by atoms with Crippen molar-refractivity contribution in [3.8, 4) is 11.5 Å². The number of methoxy groups -OCH3 is 2. The Morgan fingerprint density at radius 2 is 1.76 bits per heavy atom. The van der Waals surface area contributed by atoms with Crippen LogP contribution in [0.5, 0.6) is 11.5 Å². The molecule has 0 fully saturated rings. The molecule has 0 spiro atoms. The predicted octanol–water partition coefficient (Wildman–Crippen LogP) is 2.28. The van der Waals surface area contributed by atoms with Gasteiger partial charge in [-0.05, 0) is 30.0 Å². The summed E-state index contributed by atoms with van der Waals surface area (Å²) in [7, 11) is 3.19. The number of hydrogen-bond donors (Lipinski definition) is 1. The van der Waals surface area contributed by atoms with Gasteiger partial charge in [0.1, 0.15) is 11.5 Å². The minimum atomic E-state index is -0.805. The number of ether oxygens (including phenoxy) is 2. The summed E-state index contributed by atoms with van der Waals surface area (Å²) in [5.74, 6) is 0.657. The first-order valence-corrected chi connectivity index (χ1v) is 5.57. The van der Waals surface area contributed by atoms with Gasteiger partial charge in [-0.1, -0.05) is 6.92 Å². The summed E-state index contributed by atoms with van der Waals surface area (Å²) in [5, 5.41) is 8.70. The first kappa shape index (κ1) is 13.4. The van der Waals surface area contributed by atoms with Crippen LogP contribution in [0.4, 0.5) is 0 Å². The van der Waals surface area contributed by atoms with Crippen LogP contribution < -0.4 is 9.47 Å². The maximum atomic E-state index is 10.6. The number of hydrogen-bond acceptors (Lipinski definition) is 3. The zero-order chi connectivity index (χ0) is 12.8. The highest BCUT2D eigenvalue weighted by atomic mass is 16.5. The quantitative estimate of drug-likeness (QED) is 0.826. The molecule has 0 aliphatic heterocycles. The molecule has 0 amide bonds. The van der Waals surface area contributed by atoms with E-state index in [2.05, 4.69) is 0 Å². The number of carboxylic acids is 1. The molecule has 0 aliphatic rings. The Bertz CT molecular complexity index is 399. The summed E-state index contributed by atoms with van der Waals surface area (Å²) in [6.07, 6.45) is 1.41. The van der Waals surface area contributed by atoms with Crippen molar-refractivity contribution in [1.29, 1.82) is 0 Å². The second-order valence-corrected chi connectivity index (χ2v) is 3.72. The Hall–Kier alpha value is -1.71. The molecule has 0 atom stereocenters. The van der Waals surface area contributed by atoms with Gasteiger partial charge in [0.2, 0.25) is 0 Å². The Morgan fingerprint density at radius 3 is 2.24 bits per heavy atom. The zero-order valence-corrected chi connectivity index (χ0v) is 10.4. The van der Waals surface area contributed by atoms with E-state index in [1.165, 1.54) is 0 Å². The first-order valence-electron chi connectivity index (χ1n) is 5.57. The maximum Gasteiger partial charge on any atom is 0.303 e. The first-order chi connectivity index (χ1) is 8.12. The van der Waals surface area contributed by atoms with Crippen LogP contribution in [0.25, 0.3) is 0 Å². The van der Waals surface area contributed by atoms with Crippen molar-refractivity contribution in [3.63, 3.8) is 0 Å². The molecule has 0 aromatic heterocycles. The van der Waals surface area contributed by atoms with Gasteiger partial charge in [-0.15, -0.1) is 0 Å². The lowest BCUT2D eigenvalue weighted by Gasteiger charge is -2.13. The highest BCUT2D eigenvalue weighted by Crippen LogP contribution is 2.30. The summed E-state index contributed by atoms with van der Waals surface area (Å²) < 4.78 is 10.5. The van der Waals surface area contributed by atoms with Crippen molar-refractivity contribution < 1.29 is 19.4 Å². The van der Waals surface area contributed by atoms with Gasteiger partial charge in [-0.2, -0.15) is 0 Å². The predicted molar refractivity (Wildman–Crippen MR) is 64.9 cm³/mol. The van der Waals surface area contributed by atoms with Crippen molar-refractivity contribution in [2.75, 3.05) is 14.2 Å². The van der Waals surface area contributed by atoms with Gasteiger partial charge in [0, 0.05) is 12.5 Å². The fraction of sp³-hybridized carbons (Fsp3) is 0.462. The van der Waals surface area contributed by atoms with Crippen LogP contribution in [0.15, 0.2) is 12.1 Å². The number of aliphatic carboxylic acids is 1. The molecule has 1 aromatic carbocycles. The van der Waals surface area contributed by atoms with Crippen molar-refractivity contribution in [3.05, 3.63) is 23.3 Å². The summed E-state index contributed by atoms with van der Waals surface area (Å²) in [5.41, 5.74) is 1.97. The smallest absolute Gasteiger partial charge is 0.303 e. The van der Waals surface area contributed by atoms with Crippen LogP contribution in [0.3, 0.4) is 0 Å². The highest BCUT2D eigenvalue weighted by Gasteiger charge is 2.11. The van der Waals surface area contributed by atoms with Crippen LogP contribution in [-0.4, -0.2) is 25.3 Å². The number of aryl methyl sites for hydroxylation is 2. The second-order valence-electron chi connectivity index (χ2n) is 3.72. The molecule has 0 saturated carbocycles. The van der Waals surface area contributed by atoms with Gasteiger partial charge in [-0.25, -0.2) is 0 Å². The Kier molecular flexibility index (Phi) is 4.82. The molecule has 4 heteroatoms. The zero-order valence-electron chi connectivity index (χ0n) is 10.4. The third-order valence-corrected chi connectivity index (χ3v) is 2.67. The number of carbonyl (C=O) groups is 1. The summed E-state index contributed by atoms with van der Waals surface area (Å²) >= 11 is 0. The third kappa shape index (κ3) is 3.37. The topological polar surface area (TPSA) is 55.8 Å². The molecule has 1 N–H and O–H groups in total. The summed E-state index contributed by atoms with van der Waals surface area (Å²) in [6.45, 7) is 2.03. The summed E-state index contributed by atoms with van der Waals surface area (Å²) in [6, 6.07) is 3.77. The van der Waals surface area contributed by atoms with E-state index < -0.39 is 5.97 Å². The molecule has 0 radical (unpaired) electrons. The fourth-order valence-corrected chi connectivity index (χ4v) is 1.75. The van der Waals surface area contributed by atoms with Gasteiger partial charge in [0.05, 0.1) is 14.2 Å². The van der Waals surface area contributed by atoms with Gasteiger partial charge in [0.25, 0.3) is 0 Å². The van der Waals surface area contributed by atoms with Gasteiger partial charge in [-0.3, -0.25) is 4.79 Å². The Morgan fingerprint density at radius 1 is 1.18 bits per heavy atom. The normalized spacial score (nSPS) is 10.1. The minimum Gasteiger partial charge on any atom is -0.496 e. The molecule has 94 valence electrons. The molecule has 0 heterocycles. The second kappa shape index (κ2) is 6.13. The van der Waals surface area contributed by atoms with Gasteiger partial charge < -0.3 is 14.6 Å². The van der Waals surface area contributed by atoms with E-state index >= 15 is 0 Å². The van der Waals surface area contributed by atoms with Crippen molar-refractivity contribution in [2.24, 2.45) is 0 Å². The van der Waals surface area contributed by atoms with E-state index in [1.807, 2.05) is 19.1 Å². The maximum absolute atomic E-state index is 10.6. The average molecular weight is 238 g/mol. The van der Waals surface area contributed by atoms with Crippen LogP contribution >= 0.6 is 0 Å². The molecular weight excluding hydrogens is 220 g/mol. The molecule has 0 unspecified atom stereocenters. The molecule has 1 rings (SSSR count). The van der Waals surface area contributed by atoms with Crippen molar-refractivity contribution in [2.45, 2.75) is 26.2 Å². The Labute approximate surface area is 101 Å². The number of benzene rings is 1. The number of rotatable bonds is 6. The molecule has 0 bridgehead atoms. The van der Waals surface area contributed by atoms with E-state index in [0.717, 1.165) is 23.3 Å². The van der Waals surface area contributed by atoms with Crippen molar-refractivity contribution in [1.82, 2.24) is 0 Å². The van der Waals surface area contributed by atoms with E-state index in [4.69, 9.17) is 14.6 Å². The standard InChI is InChI=1S/C13H18O4/c1-4-9-7-10(5-6-13(14)15)12(17-3)8-11(9)16-2/h7-8H,4-6H2,1-3H3,(H,14,15). The molecule has 0 aliphatic carbocycles. The molecule has 1 aromatic rings. The molecule has 0 saturated heterocycles. The third-order valence-electron chi connectivity index (χ3n) is 2.67. The number of carboxylic acid groups (broad SMARTS) is 1.